The lowest BCUT2D eigenvalue weighted by Crippen LogP contribution is -2.49. The summed E-state index contributed by atoms with van der Waals surface area (Å²) in [4.78, 5) is 14.7. The van der Waals surface area contributed by atoms with Gasteiger partial charge in [0.2, 0.25) is 5.91 Å². The summed E-state index contributed by atoms with van der Waals surface area (Å²) in [7, 11) is 0. The van der Waals surface area contributed by atoms with Gasteiger partial charge < -0.3 is 19.1 Å². The highest BCUT2D eigenvalue weighted by Gasteiger charge is 2.44. The lowest BCUT2D eigenvalue weighted by atomic mass is 9.87. The number of benzene rings is 1. The second-order valence-electron chi connectivity index (χ2n) is 7.46. The van der Waals surface area contributed by atoms with Crippen LogP contribution in [-0.4, -0.2) is 55.4 Å². The van der Waals surface area contributed by atoms with Crippen LogP contribution in [0.15, 0.2) is 30.3 Å². The van der Waals surface area contributed by atoms with Gasteiger partial charge in [-0.15, -0.1) is 0 Å². The maximum absolute atomic E-state index is 12.7. The first-order chi connectivity index (χ1) is 12.2. The molecule has 1 atom stereocenters. The van der Waals surface area contributed by atoms with Gasteiger partial charge >= 0.3 is 0 Å². The van der Waals surface area contributed by atoms with Crippen LogP contribution in [-0.2, 0) is 14.3 Å². The summed E-state index contributed by atoms with van der Waals surface area (Å²) in [6, 6.07) is 9.94. The molecule has 0 N–H and O–H groups in total. The number of rotatable bonds is 3. The predicted molar refractivity (Wildman–Crippen MR) is 93.5 cm³/mol. The number of piperidine rings is 1. The van der Waals surface area contributed by atoms with E-state index in [1.165, 1.54) is 0 Å². The van der Waals surface area contributed by atoms with Crippen molar-refractivity contribution in [2.45, 2.75) is 43.8 Å². The van der Waals surface area contributed by atoms with E-state index in [9.17, 15) is 4.79 Å². The van der Waals surface area contributed by atoms with Gasteiger partial charge in [-0.25, -0.2) is 0 Å². The Morgan fingerprint density at radius 2 is 1.84 bits per heavy atom. The van der Waals surface area contributed by atoms with Crippen LogP contribution in [0.5, 0.6) is 5.75 Å². The second kappa shape index (κ2) is 7.34. The van der Waals surface area contributed by atoms with Crippen LogP contribution in [0.4, 0.5) is 0 Å². The van der Waals surface area contributed by atoms with Gasteiger partial charge in [0, 0.05) is 38.6 Å². The van der Waals surface area contributed by atoms with E-state index in [2.05, 4.69) is 0 Å². The molecule has 3 aliphatic rings. The minimum absolute atomic E-state index is 0.105. The van der Waals surface area contributed by atoms with Crippen molar-refractivity contribution >= 4 is 5.91 Å². The fraction of sp³-hybridized carbons (Fsp3) is 0.650. The van der Waals surface area contributed by atoms with E-state index in [1.807, 2.05) is 35.2 Å². The standard InChI is InChI=1S/C20H27NO4/c22-19(16-6-12-23-13-7-16)21-10-8-20(9-11-21)14-18(15-24-20)25-17-4-2-1-3-5-17/h1-5,16,18H,6-15H2/t18-/m1/s1. The molecule has 5 nitrogen and oxygen atoms in total. The minimum atomic E-state index is -0.105. The van der Waals surface area contributed by atoms with Crippen molar-refractivity contribution in [3.05, 3.63) is 30.3 Å². The maximum atomic E-state index is 12.7. The number of carbonyl (C=O) groups excluding carboxylic acids is 1. The first-order valence-corrected chi connectivity index (χ1v) is 9.46. The van der Waals surface area contributed by atoms with Crippen LogP contribution in [0.25, 0.3) is 0 Å². The SMILES string of the molecule is O=C(C1CCOCC1)N1CCC2(CC1)C[C@@H](Oc1ccccc1)CO2. The van der Waals surface area contributed by atoms with E-state index >= 15 is 0 Å². The molecule has 5 heteroatoms. The number of likely N-dealkylation sites (tertiary alicyclic amines) is 1. The van der Waals surface area contributed by atoms with Crippen molar-refractivity contribution in [3.63, 3.8) is 0 Å². The monoisotopic (exact) mass is 345 g/mol. The average Bonchev–Trinajstić information content (AvgIpc) is 3.05. The number of carbonyl (C=O) groups is 1. The van der Waals surface area contributed by atoms with Gasteiger partial charge in [0.1, 0.15) is 11.9 Å². The molecular weight excluding hydrogens is 318 g/mol. The molecule has 3 heterocycles. The molecule has 25 heavy (non-hydrogen) atoms. The fourth-order valence-electron chi connectivity index (χ4n) is 4.26. The Labute approximate surface area is 149 Å². The second-order valence-corrected chi connectivity index (χ2v) is 7.46. The summed E-state index contributed by atoms with van der Waals surface area (Å²) in [5.41, 5.74) is -0.105. The van der Waals surface area contributed by atoms with E-state index in [1.54, 1.807) is 0 Å². The normalized spacial score (nSPS) is 26.7. The Hall–Kier alpha value is -1.59. The minimum Gasteiger partial charge on any atom is -0.488 e. The van der Waals surface area contributed by atoms with Crippen LogP contribution >= 0.6 is 0 Å². The molecule has 0 bridgehead atoms. The van der Waals surface area contributed by atoms with E-state index < -0.39 is 0 Å². The first kappa shape index (κ1) is 16.9. The summed E-state index contributed by atoms with van der Waals surface area (Å²) in [6.07, 6.45) is 4.59. The van der Waals surface area contributed by atoms with Crippen molar-refractivity contribution in [2.24, 2.45) is 5.92 Å². The maximum Gasteiger partial charge on any atom is 0.225 e. The Bertz CT molecular complexity index is 577. The van der Waals surface area contributed by atoms with E-state index in [-0.39, 0.29) is 17.6 Å². The van der Waals surface area contributed by atoms with Crippen LogP contribution in [0.1, 0.15) is 32.1 Å². The third kappa shape index (κ3) is 3.82. The molecular formula is C20H27NO4. The first-order valence-electron chi connectivity index (χ1n) is 9.46. The van der Waals surface area contributed by atoms with Gasteiger partial charge in [-0.05, 0) is 37.8 Å². The number of ether oxygens (including phenoxy) is 3. The molecule has 3 fully saturated rings. The van der Waals surface area contributed by atoms with Crippen LogP contribution < -0.4 is 4.74 Å². The Balaban J connectivity index is 1.29. The van der Waals surface area contributed by atoms with Crippen molar-refractivity contribution < 1.29 is 19.0 Å². The quantitative estimate of drug-likeness (QED) is 0.845. The molecule has 0 aliphatic carbocycles. The lowest BCUT2D eigenvalue weighted by molar-refractivity contribution is -0.143. The molecule has 0 aromatic heterocycles. The zero-order valence-electron chi connectivity index (χ0n) is 14.7. The summed E-state index contributed by atoms with van der Waals surface area (Å²) < 4.78 is 17.6. The summed E-state index contributed by atoms with van der Waals surface area (Å²) in [5.74, 6) is 1.37. The number of hydrogen-bond acceptors (Lipinski definition) is 4. The van der Waals surface area contributed by atoms with Crippen LogP contribution in [0.3, 0.4) is 0 Å². The zero-order chi connectivity index (χ0) is 17.1. The molecule has 1 aromatic carbocycles. The molecule has 4 rings (SSSR count). The summed E-state index contributed by atoms with van der Waals surface area (Å²) >= 11 is 0. The van der Waals surface area contributed by atoms with Gasteiger partial charge in [-0.2, -0.15) is 0 Å². The topological polar surface area (TPSA) is 48.0 Å². The average molecular weight is 345 g/mol. The molecule has 0 saturated carbocycles. The molecule has 3 saturated heterocycles. The smallest absolute Gasteiger partial charge is 0.225 e. The highest BCUT2D eigenvalue weighted by atomic mass is 16.6. The molecule has 1 aromatic rings. The zero-order valence-corrected chi connectivity index (χ0v) is 14.7. The fourth-order valence-corrected chi connectivity index (χ4v) is 4.26. The van der Waals surface area contributed by atoms with Gasteiger partial charge in [0.05, 0.1) is 12.2 Å². The molecule has 0 unspecified atom stereocenters. The van der Waals surface area contributed by atoms with E-state index in [4.69, 9.17) is 14.2 Å². The molecule has 1 amide bonds. The van der Waals surface area contributed by atoms with Crippen LogP contribution in [0, 0.1) is 5.92 Å². The molecule has 3 aliphatic heterocycles. The third-order valence-corrected chi connectivity index (χ3v) is 5.78. The lowest BCUT2D eigenvalue weighted by Gasteiger charge is -2.40. The number of nitrogens with zero attached hydrogens (tertiary/aromatic N) is 1. The van der Waals surface area contributed by atoms with Gasteiger partial charge in [0.15, 0.2) is 0 Å². The Morgan fingerprint density at radius 1 is 1.12 bits per heavy atom. The molecule has 136 valence electrons. The van der Waals surface area contributed by atoms with Crippen molar-refractivity contribution in [1.82, 2.24) is 4.90 Å². The Kier molecular flexibility index (Phi) is 4.95. The largest absolute Gasteiger partial charge is 0.488 e. The van der Waals surface area contributed by atoms with Crippen LogP contribution in [0.2, 0.25) is 0 Å². The predicted octanol–water partition coefficient (Wildman–Crippen LogP) is 2.64. The van der Waals surface area contributed by atoms with Gasteiger partial charge in [-0.3, -0.25) is 4.79 Å². The van der Waals surface area contributed by atoms with Crippen molar-refractivity contribution in [3.8, 4) is 5.75 Å². The van der Waals surface area contributed by atoms with E-state index in [0.717, 1.165) is 64.2 Å². The highest BCUT2D eigenvalue weighted by Crippen LogP contribution is 2.38. The number of hydrogen-bond donors (Lipinski definition) is 0. The van der Waals surface area contributed by atoms with Gasteiger partial charge in [-0.1, -0.05) is 18.2 Å². The number of para-hydroxylation sites is 1. The number of amides is 1. The molecule has 0 radical (unpaired) electrons. The Morgan fingerprint density at radius 3 is 2.56 bits per heavy atom. The van der Waals surface area contributed by atoms with Crippen molar-refractivity contribution in [1.29, 1.82) is 0 Å². The van der Waals surface area contributed by atoms with Gasteiger partial charge in [0.25, 0.3) is 0 Å². The third-order valence-electron chi connectivity index (χ3n) is 5.78. The highest BCUT2D eigenvalue weighted by molar-refractivity contribution is 5.79. The van der Waals surface area contributed by atoms with Crippen molar-refractivity contribution in [2.75, 3.05) is 32.9 Å². The summed E-state index contributed by atoms with van der Waals surface area (Å²) in [5, 5.41) is 0. The summed E-state index contributed by atoms with van der Waals surface area (Å²) in [6.45, 7) is 3.68. The van der Waals surface area contributed by atoms with E-state index in [0.29, 0.717) is 12.5 Å². The molecule has 1 spiro atoms.